The van der Waals surface area contributed by atoms with E-state index in [0.29, 0.717) is 22.1 Å². The Labute approximate surface area is 152 Å². The second-order valence-electron chi connectivity index (χ2n) is 5.77. The van der Waals surface area contributed by atoms with Gasteiger partial charge in [-0.2, -0.15) is 0 Å². The lowest BCUT2D eigenvalue weighted by atomic mass is 10.1. The minimum absolute atomic E-state index is 0.0819. The summed E-state index contributed by atoms with van der Waals surface area (Å²) in [5.41, 5.74) is 3.42. The van der Waals surface area contributed by atoms with Crippen LogP contribution in [0.25, 0.3) is 0 Å². The SMILES string of the molecule is COc1ccc(NC(=O)CN(C(C)=O)c2ccc(C)c(C)c2)cc1Cl. The number of amides is 2. The van der Waals surface area contributed by atoms with Gasteiger partial charge in [-0.3, -0.25) is 9.59 Å². The number of hydrogen-bond donors (Lipinski definition) is 1. The maximum atomic E-state index is 12.3. The summed E-state index contributed by atoms with van der Waals surface area (Å²) in [6.45, 7) is 5.32. The Morgan fingerprint density at radius 3 is 2.40 bits per heavy atom. The van der Waals surface area contributed by atoms with Gasteiger partial charge < -0.3 is 15.0 Å². The summed E-state index contributed by atoms with van der Waals surface area (Å²) in [6, 6.07) is 10.6. The molecule has 0 saturated heterocycles. The molecule has 0 saturated carbocycles. The van der Waals surface area contributed by atoms with Gasteiger partial charge in [0.2, 0.25) is 11.8 Å². The van der Waals surface area contributed by atoms with Crippen molar-refractivity contribution in [3.05, 3.63) is 52.5 Å². The summed E-state index contributed by atoms with van der Waals surface area (Å²) in [6.07, 6.45) is 0. The predicted molar refractivity (Wildman–Crippen MR) is 101 cm³/mol. The van der Waals surface area contributed by atoms with E-state index in [0.717, 1.165) is 11.1 Å². The van der Waals surface area contributed by atoms with Gasteiger partial charge in [0.05, 0.1) is 12.1 Å². The van der Waals surface area contributed by atoms with Crippen LogP contribution >= 0.6 is 11.6 Å². The molecule has 0 unspecified atom stereocenters. The molecule has 2 aromatic carbocycles. The van der Waals surface area contributed by atoms with Crippen LogP contribution in [-0.2, 0) is 9.59 Å². The highest BCUT2D eigenvalue weighted by Crippen LogP contribution is 2.27. The number of methoxy groups -OCH3 is 1. The first-order valence-electron chi connectivity index (χ1n) is 7.80. The summed E-state index contributed by atoms with van der Waals surface area (Å²) in [5, 5.41) is 3.14. The molecule has 2 aromatic rings. The Hall–Kier alpha value is -2.53. The maximum absolute atomic E-state index is 12.3. The van der Waals surface area contributed by atoms with Gasteiger partial charge in [-0.15, -0.1) is 0 Å². The fraction of sp³-hybridized carbons (Fsp3) is 0.263. The van der Waals surface area contributed by atoms with Crippen LogP contribution in [0.1, 0.15) is 18.1 Å². The number of aryl methyl sites for hydroxylation is 2. The summed E-state index contributed by atoms with van der Waals surface area (Å²) in [4.78, 5) is 25.8. The molecule has 0 aliphatic heterocycles. The van der Waals surface area contributed by atoms with Crippen molar-refractivity contribution in [1.82, 2.24) is 0 Å². The molecule has 0 aromatic heterocycles. The van der Waals surface area contributed by atoms with Crippen LogP contribution in [0.5, 0.6) is 5.75 Å². The number of hydrogen-bond acceptors (Lipinski definition) is 3. The molecule has 1 N–H and O–H groups in total. The molecular formula is C19H21ClN2O3. The topological polar surface area (TPSA) is 58.6 Å². The van der Waals surface area contributed by atoms with Crippen molar-refractivity contribution < 1.29 is 14.3 Å². The molecule has 132 valence electrons. The monoisotopic (exact) mass is 360 g/mol. The minimum Gasteiger partial charge on any atom is -0.495 e. The van der Waals surface area contributed by atoms with E-state index in [1.807, 2.05) is 32.0 Å². The van der Waals surface area contributed by atoms with Crippen molar-refractivity contribution in [3.8, 4) is 5.75 Å². The van der Waals surface area contributed by atoms with Gasteiger partial charge in [0.1, 0.15) is 12.3 Å². The van der Waals surface area contributed by atoms with Gasteiger partial charge in [-0.25, -0.2) is 0 Å². The number of carbonyl (C=O) groups is 2. The number of anilines is 2. The molecule has 0 aliphatic rings. The quantitative estimate of drug-likeness (QED) is 0.878. The van der Waals surface area contributed by atoms with Crippen molar-refractivity contribution >= 4 is 34.8 Å². The number of halogens is 1. The first kappa shape index (κ1) is 18.8. The average molecular weight is 361 g/mol. The highest BCUT2D eigenvalue weighted by atomic mass is 35.5. The number of nitrogens with zero attached hydrogens (tertiary/aromatic N) is 1. The average Bonchev–Trinajstić information content (AvgIpc) is 2.55. The standard InChI is InChI=1S/C19H21ClN2O3/c1-12-5-7-16(9-13(12)2)22(14(3)23)11-19(24)21-15-6-8-18(25-4)17(20)10-15/h5-10H,11H2,1-4H3,(H,21,24). The van der Waals surface area contributed by atoms with Crippen LogP contribution in [0.2, 0.25) is 5.02 Å². The molecule has 0 bridgehead atoms. The molecular weight excluding hydrogens is 340 g/mol. The van der Waals surface area contributed by atoms with E-state index in [-0.39, 0.29) is 18.4 Å². The summed E-state index contributed by atoms with van der Waals surface area (Å²) in [7, 11) is 1.52. The molecule has 5 nitrogen and oxygen atoms in total. The largest absolute Gasteiger partial charge is 0.495 e. The van der Waals surface area contributed by atoms with E-state index in [2.05, 4.69) is 5.32 Å². The lowest BCUT2D eigenvalue weighted by molar-refractivity contribution is -0.120. The Morgan fingerprint density at radius 2 is 1.84 bits per heavy atom. The first-order valence-corrected chi connectivity index (χ1v) is 8.18. The Kier molecular flexibility index (Phi) is 6.04. The van der Waals surface area contributed by atoms with Crippen LogP contribution in [0, 0.1) is 13.8 Å². The molecule has 0 heterocycles. The van der Waals surface area contributed by atoms with Crippen molar-refractivity contribution in [2.24, 2.45) is 0 Å². The smallest absolute Gasteiger partial charge is 0.244 e. The zero-order chi connectivity index (χ0) is 18.6. The third-order valence-electron chi connectivity index (χ3n) is 3.92. The second-order valence-corrected chi connectivity index (χ2v) is 6.18. The number of rotatable bonds is 5. The summed E-state index contributed by atoms with van der Waals surface area (Å²) >= 11 is 6.06. The molecule has 6 heteroatoms. The van der Waals surface area contributed by atoms with Crippen molar-refractivity contribution in [2.45, 2.75) is 20.8 Å². The van der Waals surface area contributed by atoms with Crippen LogP contribution < -0.4 is 15.0 Å². The van der Waals surface area contributed by atoms with Crippen LogP contribution in [0.4, 0.5) is 11.4 Å². The first-order chi connectivity index (χ1) is 11.8. The number of ether oxygens (including phenoxy) is 1. The molecule has 0 atom stereocenters. The third-order valence-corrected chi connectivity index (χ3v) is 4.21. The van der Waals surface area contributed by atoms with E-state index >= 15 is 0 Å². The van der Waals surface area contributed by atoms with Crippen LogP contribution in [0.3, 0.4) is 0 Å². The van der Waals surface area contributed by atoms with E-state index in [4.69, 9.17) is 16.3 Å². The molecule has 2 amide bonds. The Bertz CT molecular complexity index is 805. The van der Waals surface area contributed by atoms with Gasteiger partial charge in [0.15, 0.2) is 0 Å². The highest BCUT2D eigenvalue weighted by molar-refractivity contribution is 6.32. The van der Waals surface area contributed by atoms with E-state index in [1.54, 1.807) is 18.2 Å². The lowest BCUT2D eigenvalue weighted by Gasteiger charge is -2.21. The lowest BCUT2D eigenvalue weighted by Crippen LogP contribution is -2.36. The summed E-state index contributed by atoms with van der Waals surface area (Å²) in [5.74, 6) is 0.0148. The van der Waals surface area contributed by atoms with Crippen LogP contribution in [-0.4, -0.2) is 25.5 Å². The third kappa shape index (κ3) is 4.73. The predicted octanol–water partition coefficient (Wildman–Crippen LogP) is 3.96. The number of nitrogens with one attached hydrogen (secondary N) is 1. The van der Waals surface area contributed by atoms with Gasteiger partial charge in [0, 0.05) is 18.3 Å². The van der Waals surface area contributed by atoms with Crippen molar-refractivity contribution in [2.75, 3.05) is 23.9 Å². The summed E-state index contributed by atoms with van der Waals surface area (Å²) < 4.78 is 5.08. The molecule has 2 rings (SSSR count). The minimum atomic E-state index is -0.310. The zero-order valence-electron chi connectivity index (χ0n) is 14.7. The fourth-order valence-electron chi connectivity index (χ4n) is 2.37. The van der Waals surface area contributed by atoms with Gasteiger partial charge in [-0.05, 0) is 55.3 Å². The Morgan fingerprint density at radius 1 is 1.12 bits per heavy atom. The van der Waals surface area contributed by atoms with Crippen molar-refractivity contribution in [3.63, 3.8) is 0 Å². The van der Waals surface area contributed by atoms with E-state index < -0.39 is 0 Å². The van der Waals surface area contributed by atoms with Gasteiger partial charge in [-0.1, -0.05) is 17.7 Å². The van der Waals surface area contributed by atoms with Crippen LogP contribution in [0.15, 0.2) is 36.4 Å². The second kappa shape index (κ2) is 8.03. The van der Waals surface area contributed by atoms with Gasteiger partial charge >= 0.3 is 0 Å². The fourth-order valence-corrected chi connectivity index (χ4v) is 2.62. The van der Waals surface area contributed by atoms with E-state index in [9.17, 15) is 9.59 Å². The number of benzene rings is 2. The molecule has 25 heavy (non-hydrogen) atoms. The molecule has 0 spiro atoms. The molecule has 0 radical (unpaired) electrons. The maximum Gasteiger partial charge on any atom is 0.244 e. The molecule has 0 aliphatic carbocycles. The van der Waals surface area contributed by atoms with Gasteiger partial charge in [0.25, 0.3) is 0 Å². The normalized spacial score (nSPS) is 10.3. The van der Waals surface area contributed by atoms with Crippen molar-refractivity contribution in [1.29, 1.82) is 0 Å². The highest BCUT2D eigenvalue weighted by Gasteiger charge is 2.17. The molecule has 0 fully saturated rings. The van der Waals surface area contributed by atoms with E-state index in [1.165, 1.54) is 18.9 Å². The Balaban J connectivity index is 2.14. The zero-order valence-corrected chi connectivity index (χ0v) is 15.5. The number of carbonyl (C=O) groups excluding carboxylic acids is 2.